The number of carboxylic acids is 1. The Morgan fingerprint density at radius 1 is 1.28 bits per heavy atom. The minimum absolute atomic E-state index is 0. The first-order chi connectivity index (χ1) is 12.8. The van der Waals surface area contributed by atoms with Gasteiger partial charge in [-0.1, -0.05) is 26.4 Å². The van der Waals surface area contributed by atoms with Crippen LogP contribution in [0.4, 0.5) is 0 Å². The second-order valence-corrected chi connectivity index (χ2v) is 5.49. The molecule has 9 nitrogen and oxygen atoms in total. The quantitative estimate of drug-likeness (QED) is 0.257. The molecule has 10 heteroatoms. The molecule has 4 atom stereocenters. The second kappa shape index (κ2) is 15.0. The van der Waals surface area contributed by atoms with E-state index in [9.17, 15) is 24.6 Å². The average Bonchev–Trinajstić information content (AvgIpc) is 2.64. The van der Waals surface area contributed by atoms with Gasteiger partial charge in [0.15, 0.2) is 11.9 Å². The molecule has 1 aromatic carbocycles. The summed E-state index contributed by atoms with van der Waals surface area (Å²) in [5.74, 6) is -1.66. The summed E-state index contributed by atoms with van der Waals surface area (Å²) < 4.78 is 15.2. The second-order valence-electron chi connectivity index (χ2n) is 5.49. The van der Waals surface area contributed by atoms with E-state index in [1.165, 1.54) is 25.5 Å². The number of rotatable bonds is 7. The number of aliphatic carboxylic acids is 1. The minimum atomic E-state index is -1.65. The molecule has 1 heterocycles. The topological polar surface area (TPSA) is 140 Å². The molecule has 0 aliphatic carbocycles. The summed E-state index contributed by atoms with van der Waals surface area (Å²) >= 11 is 0. The number of ketones is 1. The smallest absolute Gasteiger partial charge is 0.650 e. The largest absolute Gasteiger partial charge is 1.00 e. The number of aliphatic hydroxyl groups excluding tert-OH is 2. The van der Waals surface area contributed by atoms with E-state index in [0.29, 0.717) is 5.56 Å². The maximum atomic E-state index is 11.8. The number of hydrogen-bond donors (Lipinski definition) is 3. The predicted molar refractivity (Wildman–Crippen MR) is 98.2 cm³/mol. The molecule has 0 spiro atoms. The molecular weight excluding hydrogens is 411 g/mol. The van der Waals surface area contributed by atoms with Crippen molar-refractivity contribution in [1.82, 2.24) is 0 Å². The Labute approximate surface area is 212 Å². The van der Waals surface area contributed by atoms with Gasteiger partial charge in [0.2, 0.25) is 6.29 Å². The normalized spacial score (nSPS) is 22.5. The molecule has 29 heavy (non-hydrogen) atoms. The molecule has 0 bridgehead atoms. The van der Waals surface area contributed by atoms with Gasteiger partial charge in [-0.15, -0.1) is 0 Å². The zero-order valence-electron chi connectivity index (χ0n) is 17.2. The van der Waals surface area contributed by atoms with E-state index in [0.717, 1.165) is 0 Å². The number of benzene rings is 1. The Hall–Kier alpha value is -0.854. The van der Waals surface area contributed by atoms with E-state index in [1.54, 1.807) is 6.07 Å². The van der Waals surface area contributed by atoms with Gasteiger partial charge in [-0.3, -0.25) is 4.79 Å². The molecule has 1 aliphatic heterocycles. The van der Waals surface area contributed by atoms with Crippen LogP contribution in [0.25, 0.3) is 0 Å². The monoisotopic (exact) mass is 437 g/mol. The van der Waals surface area contributed by atoms with Crippen molar-refractivity contribution in [2.24, 2.45) is 0 Å². The van der Waals surface area contributed by atoms with Gasteiger partial charge in [0.05, 0.1) is 18.3 Å². The van der Waals surface area contributed by atoms with E-state index in [4.69, 9.17) is 14.6 Å². The van der Waals surface area contributed by atoms with Gasteiger partial charge in [0.25, 0.3) is 0 Å². The van der Waals surface area contributed by atoms with Crippen LogP contribution in [0.3, 0.4) is 0 Å². The van der Waals surface area contributed by atoms with Crippen LogP contribution in [-0.2, 0) is 25.7 Å². The molecule has 1 aromatic rings. The molecular formula is C19H26KO9-. The zero-order chi connectivity index (χ0) is 20.6. The fourth-order valence-electron chi connectivity index (χ4n) is 2.42. The van der Waals surface area contributed by atoms with Crippen LogP contribution in [0, 0.1) is 7.43 Å². The first kappa shape index (κ1) is 30.3. The van der Waals surface area contributed by atoms with Gasteiger partial charge in [-0.05, 0) is 24.6 Å². The van der Waals surface area contributed by atoms with E-state index >= 15 is 0 Å². The SMILES string of the molecule is CC.CC(=O)c1cc(CO[C-]=O)ccc1OC1CC(O)[C@H](O)C(C(=O)O)O1.[CH3-].[K+]. The Morgan fingerprint density at radius 2 is 1.90 bits per heavy atom. The fraction of sp³-hybridized carbons (Fsp3) is 0.474. The number of carbonyl (C=O) groups excluding carboxylic acids is 2. The van der Waals surface area contributed by atoms with Gasteiger partial charge >= 0.3 is 57.4 Å². The molecule has 1 fully saturated rings. The summed E-state index contributed by atoms with van der Waals surface area (Å²) in [6.07, 6.45) is -5.92. The van der Waals surface area contributed by atoms with Gasteiger partial charge in [0.1, 0.15) is 11.9 Å². The molecule has 3 N–H and O–H groups in total. The third-order valence-corrected chi connectivity index (χ3v) is 3.66. The van der Waals surface area contributed by atoms with Gasteiger partial charge in [-0.25, -0.2) is 4.79 Å². The van der Waals surface area contributed by atoms with Gasteiger partial charge in [-0.2, -0.15) is 0 Å². The van der Waals surface area contributed by atoms with E-state index < -0.39 is 30.6 Å². The first-order valence-electron chi connectivity index (χ1n) is 8.37. The summed E-state index contributed by atoms with van der Waals surface area (Å²) in [5, 5.41) is 28.4. The van der Waals surface area contributed by atoms with E-state index in [-0.39, 0.29) is 88.9 Å². The summed E-state index contributed by atoms with van der Waals surface area (Å²) in [7, 11) is 0. The van der Waals surface area contributed by atoms with Crippen LogP contribution in [0.1, 0.15) is 43.1 Å². The fourth-order valence-corrected chi connectivity index (χ4v) is 2.42. The molecule has 2 rings (SSSR count). The first-order valence-corrected chi connectivity index (χ1v) is 8.37. The summed E-state index contributed by atoms with van der Waals surface area (Å²) in [6.45, 7) is 6.51. The Bertz CT molecular complexity index is 665. The van der Waals surface area contributed by atoms with Crippen LogP contribution in [0.15, 0.2) is 18.2 Å². The average molecular weight is 438 g/mol. The minimum Gasteiger partial charge on any atom is -0.650 e. The number of ether oxygens (including phenoxy) is 3. The van der Waals surface area contributed by atoms with Crippen molar-refractivity contribution < 1.29 is 95.3 Å². The Balaban J connectivity index is 0. The molecule has 0 aromatic heterocycles. The number of carboxylic acid groups (broad SMARTS) is 1. The Kier molecular flexibility index (Phi) is 15.7. The van der Waals surface area contributed by atoms with Crippen LogP contribution >= 0.6 is 0 Å². The number of carbonyl (C=O) groups is 2. The van der Waals surface area contributed by atoms with Crippen LogP contribution in [0.5, 0.6) is 5.75 Å². The molecule has 158 valence electrons. The summed E-state index contributed by atoms with van der Waals surface area (Å²) in [6, 6.07) is 4.44. The number of Topliss-reactive ketones (excluding diaryl/α,β-unsaturated/α-hetero) is 1. The maximum absolute atomic E-state index is 11.8. The van der Waals surface area contributed by atoms with Gasteiger partial charge < -0.3 is 41.8 Å². The molecule has 3 unspecified atom stereocenters. The Morgan fingerprint density at radius 3 is 2.41 bits per heavy atom. The maximum Gasteiger partial charge on any atom is 1.00 e. The van der Waals surface area contributed by atoms with Crippen molar-refractivity contribution in [1.29, 1.82) is 0 Å². The van der Waals surface area contributed by atoms with Crippen molar-refractivity contribution in [3.05, 3.63) is 36.8 Å². The van der Waals surface area contributed by atoms with Crippen molar-refractivity contribution >= 4 is 18.2 Å². The van der Waals surface area contributed by atoms with Crippen molar-refractivity contribution in [2.45, 2.75) is 58.4 Å². The predicted octanol–water partition coefficient (Wildman–Crippen LogP) is -1.75. The molecule has 0 radical (unpaired) electrons. The third kappa shape index (κ3) is 8.81. The molecule has 0 saturated carbocycles. The van der Waals surface area contributed by atoms with E-state index in [1.807, 2.05) is 13.8 Å². The van der Waals surface area contributed by atoms with Crippen LogP contribution in [0.2, 0.25) is 0 Å². The van der Waals surface area contributed by atoms with Crippen molar-refractivity contribution in [3.8, 4) is 5.75 Å². The summed E-state index contributed by atoms with van der Waals surface area (Å²) in [4.78, 5) is 33.0. The van der Waals surface area contributed by atoms with Gasteiger partial charge in [0, 0.05) is 6.42 Å². The number of hydrogen-bond acceptors (Lipinski definition) is 8. The molecule has 1 aliphatic rings. The third-order valence-electron chi connectivity index (χ3n) is 3.66. The molecule has 1 saturated heterocycles. The van der Waals surface area contributed by atoms with E-state index in [2.05, 4.69) is 4.74 Å². The van der Waals surface area contributed by atoms with Crippen LogP contribution in [-0.4, -0.2) is 58.1 Å². The zero-order valence-corrected chi connectivity index (χ0v) is 20.4. The van der Waals surface area contributed by atoms with Crippen molar-refractivity contribution in [3.63, 3.8) is 0 Å². The van der Waals surface area contributed by atoms with Crippen LogP contribution < -0.4 is 56.1 Å². The number of aliphatic hydroxyl groups is 2. The summed E-state index contributed by atoms with van der Waals surface area (Å²) in [5.41, 5.74) is 0.701. The standard InChI is InChI=1S/C16H17O9.C2H6.CH3.K/c1-8(18)10-4-9(6-23-7-17)2-3-12(10)24-13-5-11(19)14(20)15(25-13)16(21)22;1-2;;/h2-4,11,13-15,19-20H,5-6H2,1H3,(H,21,22);1-2H3;1H3;/q-1;;-1;+1/t11?,13?,14-,15?;;;/m0.../s1. The molecule has 0 amide bonds. The van der Waals surface area contributed by atoms with Crippen molar-refractivity contribution in [2.75, 3.05) is 0 Å².